The third-order valence-electron chi connectivity index (χ3n) is 3.83. The number of anilines is 2. The molecule has 1 atom stereocenters. The first-order chi connectivity index (χ1) is 9.61. The fraction of sp³-hybridized carbons (Fsp3) is 0.571. The molecule has 0 spiro atoms. The summed E-state index contributed by atoms with van der Waals surface area (Å²) in [5.41, 5.74) is 6.93. The zero-order chi connectivity index (χ0) is 14.5. The molecule has 1 fully saturated rings. The van der Waals surface area contributed by atoms with Crippen molar-refractivity contribution in [1.29, 1.82) is 0 Å². The molecule has 1 saturated heterocycles. The first-order valence-corrected chi connectivity index (χ1v) is 7.11. The summed E-state index contributed by atoms with van der Waals surface area (Å²) in [7, 11) is 0. The summed E-state index contributed by atoms with van der Waals surface area (Å²) in [6.45, 7) is 6.06. The number of nitrogens with one attached hydrogen (secondary N) is 1. The van der Waals surface area contributed by atoms with Crippen molar-refractivity contribution in [2.24, 2.45) is 5.92 Å². The smallest absolute Gasteiger partial charge is 0.292 e. The van der Waals surface area contributed by atoms with Crippen LogP contribution in [0.1, 0.15) is 19.8 Å². The molecule has 1 aliphatic heterocycles. The fourth-order valence-electron chi connectivity index (χ4n) is 2.71. The monoisotopic (exact) mass is 278 g/mol. The van der Waals surface area contributed by atoms with Crippen LogP contribution in [0, 0.1) is 16.0 Å². The van der Waals surface area contributed by atoms with Crippen LogP contribution in [-0.2, 0) is 0 Å². The molecule has 20 heavy (non-hydrogen) atoms. The van der Waals surface area contributed by atoms with E-state index in [9.17, 15) is 10.1 Å². The molecular formula is C14H22N4O2. The summed E-state index contributed by atoms with van der Waals surface area (Å²) in [5.74, 6) is 0.625. The highest BCUT2D eigenvalue weighted by Crippen LogP contribution is 2.27. The van der Waals surface area contributed by atoms with Crippen LogP contribution >= 0.6 is 0 Å². The molecule has 1 heterocycles. The largest absolute Gasteiger partial charge is 0.393 e. The molecule has 6 nitrogen and oxygen atoms in total. The van der Waals surface area contributed by atoms with Crippen LogP contribution in [0.3, 0.4) is 0 Å². The zero-order valence-electron chi connectivity index (χ0n) is 11.8. The van der Waals surface area contributed by atoms with Gasteiger partial charge in [0, 0.05) is 24.8 Å². The van der Waals surface area contributed by atoms with E-state index in [1.807, 2.05) is 0 Å². The number of nitro benzene ring substituents is 1. The molecule has 110 valence electrons. The van der Waals surface area contributed by atoms with E-state index in [0.29, 0.717) is 5.92 Å². The predicted octanol–water partition coefficient (Wildman–Crippen LogP) is 2.00. The zero-order valence-corrected chi connectivity index (χ0v) is 11.8. The molecule has 0 aromatic heterocycles. The highest BCUT2D eigenvalue weighted by Gasteiger charge is 2.18. The number of nitro groups is 1. The second kappa shape index (κ2) is 6.56. The Balaban J connectivity index is 2.10. The van der Waals surface area contributed by atoms with E-state index in [2.05, 4.69) is 17.1 Å². The molecule has 0 amide bonds. The summed E-state index contributed by atoms with van der Waals surface area (Å²) in [6.07, 6.45) is 2.44. The number of benzene rings is 1. The summed E-state index contributed by atoms with van der Waals surface area (Å²) >= 11 is 0. The van der Waals surface area contributed by atoms with Crippen molar-refractivity contribution in [2.45, 2.75) is 19.8 Å². The number of hydrogen-bond acceptors (Lipinski definition) is 5. The molecule has 0 saturated carbocycles. The maximum absolute atomic E-state index is 10.8. The highest BCUT2D eigenvalue weighted by atomic mass is 16.6. The second-order valence-electron chi connectivity index (χ2n) is 5.25. The Hall–Kier alpha value is -1.82. The standard InChI is InChI=1S/C14H22N4O2/c1-2-17(10-11-4-3-7-16-9-11)12-5-6-14(18(19)20)13(15)8-12/h5-6,8,11,16H,2-4,7,9-10,15H2,1H3. The molecule has 1 aromatic carbocycles. The minimum atomic E-state index is -0.444. The van der Waals surface area contributed by atoms with Crippen molar-refractivity contribution in [3.63, 3.8) is 0 Å². The van der Waals surface area contributed by atoms with Crippen molar-refractivity contribution < 1.29 is 4.92 Å². The maximum atomic E-state index is 10.8. The van der Waals surface area contributed by atoms with E-state index >= 15 is 0 Å². The van der Waals surface area contributed by atoms with Crippen molar-refractivity contribution in [2.75, 3.05) is 36.8 Å². The van der Waals surface area contributed by atoms with Gasteiger partial charge in [0.15, 0.2) is 0 Å². The Morgan fingerprint density at radius 3 is 2.90 bits per heavy atom. The van der Waals surface area contributed by atoms with Crippen molar-refractivity contribution in [3.05, 3.63) is 28.3 Å². The summed E-state index contributed by atoms with van der Waals surface area (Å²) in [6, 6.07) is 4.98. The van der Waals surface area contributed by atoms with E-state index in [1.165, 1.54) is 18.9 Å². The van der Waals surface area contributed by atoms with Crippen molar-refractivity contribution in [1.82, 2.24) is 5.32 Å². The van der Waals surface area contributed by atoms with Crippen LogP contribution in [0.15, 0.2) is 18.2 Å². The van der Waals surface area contributed by atoms with Crippen LogP contribution < -0.4 is 16.0 Å². The van der Waals surface area contributed by atoms with Gasteiger partial charge in [-0.1, -0.05) is 0 Å². The molecule has 0 aliphatic carbocycles. The lowest BCUT2D eigenvalue weighted by Crippen LogP contribution is -2.38. The van der Waals surface area contributed by atoms with E-state index in [-0.39, 0.29) is 11.4 Å². The Morgan fingerprint density at radius 1 is 1.55 bits per heavy atom. The molecule has 1 aromatic rings. The van der Waals surface area contributed by atoms with Gasteiger partial charge >= 0.3 is 0 Å². The van der Waals surface area contributed by atoms with Gasteiger partial charge in [0.1, 0.15) is 5.69 Å². The lowest BCUT2D eigenvalue weighted by atomic mass is 9.99. The molecule has 1 unspecified atom stereocenters. The van der Waals surface area contributed by atoms with Gasteiger partial charge < -0.3 is 16.0 Å². The number of nitrogens with two attached hydrogens (primary N) is 1. The Kier molecular flexibility index (Phi) is 4.79. The second-order valence-corrected chi connectivity index (χ2v) is 5.25. The highest BCUT2D eigenvalue weighted by molar-refractivity contribution is 5.66. The average molecular weight is 278 g/mol. The minimum Gasteiger partial charge on any atom is -0.393 e. The Morgan fingerprint density at radius 2 is 2.35 bits per heavy atom. The van der Waals surface area contributed by atoms with Crippen LogP contribution in [-0.4, -0.2) is 31.1 Å². The molecular weight excluding hydrogens is 256 g/mol. The number of piperidine rings is 1. The van der Waals surface area contributed by atoms with Crippen LogP contribution in [0.25, 0.3) is 0 Å². The van der Waals surface area contributed by atoms with E-state index < -0.39 is 4.92 Å². The SMILES string of the molecule is CCN(CC1CCCNC1)c1ccc([N+](=O)[O-])c(N)c1. The number of nitrogen functional groups attached to an aromatic ring is 1. The van der Waals surface area contributed by atoms with Gasteiger partial charge in [-0.15, -0.1) is 0 Å². The number of hydrogen-bond donors (Lipinski definition) is 2. The number of nitrogens with zero attached hydrogens (tertiary/aromatic N) is 2. The fourth-order valence-corrected chi connectivity index (χ4v) is 2.71. The van der Waals surface area contributed by atoms with Gasteiger partial charge in [-0.05, 0) is 50.9 Å². The van der Waals surface area contributed by atoms with Crippen LogP contribution in [0.4, 0.5) is 17.1 Å². The summed E-state index contributed by atoms with van der Waals surface area (Å²) < 4.78 is 0. The third-order valence-corrected chi connectivity index (χ3v) is 3.83. The minimum absolute atomic E-state index is 0.0239. The molecule has 2 rings (SSSR count). The summed E-state index contributed by atoms with van der Waals surface area (Å²) in [4.78, 5) is 12.6. The van der Waals surface area contributed by atoms with Gasteiger partial charge in [-0.2, -0.15) is 0 Å². The van der Waals surface area contributed by atoms with Gasteiger partial charge in [0.2, 0.25) is 0 Å². The van der Waals surface area contributed by atoms with Gasteiger partial charge in [0.25, 0.3) is 5.69 Å². The van der Waals surface area contributed by atoms with Gasteiger partial charge in [0.05, 0.1) is 4.92 Å². The Bertz CT molecular complexity index is 472. The maximum Gasteiger partial charge on any atom is 0.292 e. The van der Waals surface area contributed by atoms with Crippen LogP contribution in [0.2, 0.25) is 0 Å². The van der Waals surface area contributed by atoms with E-state index in [4.69, 9.17) is 5.73 Å². The molecule has 6 heteroatoms. The summed E-state index contributed by atoms with van der Waals surface area (Å²) in [5, 5.41) is 14.2. The molecule has 0 bridgehead atoms. The lowest BCUT2D eigenvalue weighted by Gasteiger charge is -2.31. The van der Waals surface area contributed by atoms with Crippen molar-refractivity contribution in [3.8, 4) is 0 Å². The topological polar surface area (TPSA) is 84.4 Å². The first-order valence-electron chi connectivity index (χ1n) is 7.11. The lowest BCUT2D eigenvalue weighted by molar-refractivity contribution is -0.383. The quantitative estimate of drug-likeness (QED) is 0.489. The van der Waals surface area contributed by atoms with Crippen LogP contribution in [0.5, 0.6) is 0 Å². The van der Waals surface area contributed by atoms with Gasteiger partial charge in [-0.3, -0.25) is 10.1 Å². The molecule has 3 N–H and O–H groups in total. The van der Waals surface area contributed by atoms with E-state index in [0.717, 1.165) is 31.9 Å². The molecule has 1 aliphatic rings. The predicted molar refractivity (Wildman–Crippen MR) is 81.0 cm³/mol. The first kappa shape index (κ1) is 14.6. The van der Waals surface area contributed by atoms with E-state index in [1.54, 1.807) is 12.1 Å². The molecule has 0 radical (unpaired) electrons. The average Bonchev–Trinajstić information content (AvgIpc) is 2.45. The normalized spacial score (nSPS) is 18.8. The van der Waals surface area contributed by atoms with Gasteiger partial charge in [-0.25, -0.2) is 0 Å². The third kappa shape index (κ3) is 3.39. The van der Waals surface area contributed by atoms with Crippen molar-refractivity contribution >= 4 is 17.1 Å². The Labute approximate surface area is 119 Å². The number of rotatable bonds is 5.